The Kier molecular flexibility index (Phi) is 5.62. The van der Waals surface area contributed by atoms with Crippen LogP contribution < -0.4 is 10.1 Å². The molecule has 0 aromatic heterocycles. The number of likely N-dealkylation sites (N-methyl/N-ethyl adjacent to an activating group) is 1. The zero-order valence-electron chi connectivity index (χ0n) is 13.3. The Bertz CT molecular complexity index is 468. The van der Waals surface area contributed by atoms with E-state index in [1.54, 1.807) is 4.90 Å². The van der Waals surface area contributed by atoms with Crippen molar-refractivity contribution in [3.05, 3.63) is 29.8 Å². The molecule has 1 heterocycles. The van der Waals surface area contributed by atoms with Crippen LogP contribution in [0.4, 0.5) is 0 Å². The second-order valence-electron chi connectivity index (χ2n) is 6.03. The van der Waals surface area contributed by atoms with Crippen LogP contribution in [0.1, 0.15) is 43.5 Å². The molecule has 1 aliphatic rings. The summed E-state index contributed by atoms with van der Waals surface area (Å²) in [6, 6.07) is 7.85. The van der Waals surface area contributed by atoms with E-state index in [0.29, 0.717) is 11.6 Å². The maximum absolute atomic E-state index is 12.5. The molecule has 0 saturated carbocycles. The summed E-state index contributed by atoms with van der Waals surface area (Å²) in [5, 5.41) is 3.48. The summed E-state index contributed by atoms with van der Waals surface area (Å²) < 4.78 is 5.65. The van der Waals surface area contributed by atoms with E-state index in [4.69, 9.17) is 4.74 Å². The number of carbonyl (C=O) groups is 1. The van der Waals surface area contributed by atoms with Crippen LogP contribution in [0.15, 0.2) is 24.3 Å². The lowest BCUT2D eigenvalue weighted by atomic mass is 10.0. The molecule has 4 nitrogen and oxygen atoms in total. The maximum Gasteiger partial charge on any atom is 0.253 e. The van der Waals surface area contributed by atoms with Crippen molar-refractivity contribution >= 4 is 5.91 Å². The zero-order chi connectivity index (χ0) is 15.2. The molecule has 1 saturated heterocycles. The molecule has 1 aromatic carbocycles. The van der Waals surface area contributed by atoms with Crippen molar-refractivity contribution in [1.82, 2.24) is 10.2 Å². The van der Waals surface area contributed by atoms with E-state index in [2.05, 4.69) is 5.32 Å². The number of hydrogen-bond donors (Lipinski definition) is 1. The molecule has 1 amide bonds. The third kappa shape index (κ3) is 4.74. The average Bonchev–Trinajstić information content (AvgIpc) is 2.47. The molecule has 4 heteroatoms. The van der Waals surface area contributed by atoms with Crippen molar-refractivity contribution in [2.45, 2.75) is 45.3 Å². The number of ether oxygens (including phenoxy) is 1. The van der Waals surface area contributed by atoms with Gasteiger partial charge in [-0.15, -0.1) is 0 Å². The van der Waals surface area contributed by atoms with E-state index < -0.39 is 0 Å². The molecule has 1 unspecified atom stereocenters. The van der Waals surface area contributed by atoms with Crippen molar-refractivity contribution in [3.8, 4) is 5.75 Å². The van der Waals surface area contributed by atoms with Gasteiger partial charge in [0, 0.05) is 25.2 Å². The van der Waals surface area contributed by atoms with E-state index in [-0.39, 0.29) is 12.0 Å². The lowest BCUT2D eigenvalue weighted by Gasteiger charge is -2.28. The molecule has 1 fully saturated rings. The van der Waals surface area contributed by atoms with Crippen LogP contribution in [0, 0.1) is 0 Å². The fourth-order valence-corrected chi connectivity index (χ4v) is 2.69. The predicted molar refractivity (Wildman–Crippen MR) is 84.8 cm³/mol. The molecule has 1 aliphatic heterocycles. The van der Waals surface area contributed by atoms with Crippen LogP contribution in [0.5, 0.6) is 5.75 Å². The number of nitrogens with zero attached hydrogens (tertiary/aromatic N) is 1. The van der Waals surface area contributed by atoms with Gasteiger partial charge in [-0.25, -0.2) is 0 Å². The monoisotopic (exact) mass is 290 g/mol. The highest BCUT2D eigenvalue weighted by Gasteiger charge is 2.19. The molecule has 1 aromatic rings. The molecule has 0 spiro atoms. The van der Waals surface area contributed by atoms with Gasteiger partial charge < -0.3 is 15.0 Å². The van der Waals surface area contributed by atoms with Crippen LogP contribution in [0.3, 0.4) is 0 Å². The smallest absolute Gasteiger partial charge is 0.253 e. The fraction of sp³-hybridized carbons (Fsp3) is 0.588. The van der Waals surface area contributed by atoms with Crippen LogP contribution >= 0.6 is 0 Å². The van der Waals surface area contributed by atoms with Gasteiger partial charge in [0.05, 0.1) is 6.10 Å². The SMILES string of the molecule is CC(C)Oc1cccc(C(=O)N(C)CC2CCCCN2)c1. The summed E-state index contributed by atoms with van der Waals surface area (Å²) in [7, 11) is 1.87. The first-order valence-corrected chi connectivity index (χ1v) is 7.82. The molecular weight excluding hydrogens is 264 g/mol. The summed E-state index contributed by atoms with van der Waals surface area (Å²) in [5.41, 5.74) is 0.687. The van der Waals surface area contributed by atoms with E-state index in [1.807, 2.05) is 45.2 Å². The first kappa shape index (κ1) is 15.8. The Morgan fingerprint density at radius 2 is 2.24 bits per heavy atom. The zero-order valence-corrected chi connectivity index (χ0v) is 13.3. The normalized spacial score (nSPS) is 18.6. The minimum atomic E-state index is 0.0524. The second kappa shape index (κ2) is 7.46. The van der Waals surface area contributed by atoms with E-state index in [1.165, 1.54) is 12.8 Å². The van der Waals surface area contributed by atoms with Gasteiger partial charge in [0.1, 0.15) is 5.75 Å². The van der Waals surface area contributed by atoms with Crippen molar-refractivity contribution in [1.29, 1.82) is 0 Å². The molecule has 0 radical (unpaired) electrons. The second-order valence-corrected chi connectivity index (χ2v) is 6.03. The summed E-state index contributed by atoms with van der Waals surface area (Å²) in [5.74, 6) is 0.802. The van der Waals surface area contributed by atoms with Gasteiger partial charge >= 0.3 is 0 Å². The van der Waals surface area contributed by atoms with E-state index >= 15 is 0 Å². The number of rotatable bonds is 5. The number of nitrogens with one attached hydrogen (secondary N) is 1. The first-order valence-electron chi connectivity index (χ1n) is 7.82. The van der Waals surface area contributed by atoms with E-state index in [9.17, 15) is 4.79 Å². The van der Waals surface area contributed by atoms with Crippen molar-refractivity contribution in [2.24, 2.45) is 0 Å². The lowest BCUT2D eigenvalue weighted by Crippen LogP contribution is -2.44. The molecule has 1 N–H and O–H groups in total. The first-order chi connectivity index (χ1) is 10.1. The minimum Gasteiger partial charge on any atom is -0.491 e. The molecular formula is C17H26N2O2. The molecule has 116 valence electrons. The molecule has 0 bridgehead atoms. The number of hydrogen-bond acceptors (Lipinski definition) is 3. The standard InChI is InChI=1S/C17H26N2O2/c1-13(2)21-16-9-6-7-14(11-16)17(20)19(3)12-15-8-4-5-10-18-15/h6-7,9,11,13,15,18H,4-5,8,10,12H2,1-3H3. The minimum absolute atomic E-state index is 0.0524. The van der Waals surface area contributed by atoms with Gasteiger partial charge in [0.2, 0.25) is 0 Å². The van der Waals surface area contributed by atoms with E-state index in [0.717, 1.165) is 25.3 Å². The average molecular weight is 290 g/mol. The quantitative estimate of drug-likeness (QED) is 0.906. The van der Waals surface area contributed by atoms with Crippen LogP contribution in [0.25, 0.3) is 0 Å². The van der Waals surface area contributed by atoms with Crippen molar-refractivity contribution < 1.29 is 9.53 Å². The Hall–Kier alpha value is -1.55. The van der Waals surface area contributed by atoms with Crippen molar-refractivity contribution in [3.63, 3.8) is 0 Å². The molecule has 1 atom stereocenters. The van der Waals surface area contributed by atoms with Crippen molar-refractivity contribution in [2.75, 3.05) is 20.1 Å². The fourth-order valence-electron chi connectivity index (χ4n) is 2.69. The van der Waals surface area contributed by atoms with Crippen LogP contribution in [-0.2, 0) is 0 Å². The predicted octanol–water partition coefficient (Wildman–Crippen LogP) is 2.69. The van der Waals surface area contributed by atoms with Crippen LogP contribution in [-0.4, -0.2) is 43.1 Å². The number of carbonyl (C=O) groups excluding carboxylic acids is 1. The van der Waals surface area contributed by atoms with Gasteiger partial charge in [0.15, 0.2) is 0 Å². The highest BCUT2D eigenvalue weighted by molar-refractivity contribution is 5.94. The highest BCUT2D eigenvalue weighted by atomic mass is 16.5. The number of benzene rings is 1. The molecule has 2 rings (SSSR count). The Morgan fingerprint density at radius 3 is 2.90 bits per heavy atom. The Labute approximate surface area is 127 Å². The van der Waals surface area contributed by atoms with Gasteiger partial charge in [0.25, 0.3) is 5.91 Å². The van der Waals surface area contributed by atoms with Gasteiger partial charge in [-0.05, 0) is 51.4 Å². The van der Waals surface area contributed by atoms with Gasteiger partial charge in [-0.3, -0.25) is 4.79 Å². The summed E-state index contributed by atoms with van der Waals surface area (Å²) in [6.45, 7) is 5.78. The summed E-state index contributed by atoms with van der Waals surface area (Å²) in [4.78, 5) is 14.3. The Morgan fingerprint density at radius 1 is 1.43 bits per heavy atom. The number of amides is 1. The van der Waals surface area contributed by atoms with Gasteiger partial charge in [-0.1, -0.05) is 12.5 Å². The van der Waals surface area contributed by atoms with Gasteiger partial charge in [-0.2, -0.15) is 0 Å². The molecule has 0 aliphatic carbocycles. The maximum atomic E-state index is 12.5. The van der Waals surface area contributed by atoms with Crippen LogP contribution in [0.2, 0.25) is 0 Å². The third-order valence-corrected chi connectivity index (χ3v) is 3.71. The molecule has 21 heavy (non-hydrogen) atoms. The lowest BCUT2D eigenvalue weighted by molar-refractivity contribution is 0.0774. The topological polar surface area (TPSA) is 41.6 Å². The summed E-state index contributed by atoms with van der Waals surface area (Å²) in [6.07, 6.45) is 3.74. The number of piperidine rings is 1. The summed E-state index contributed by atoms with van der Waals surface area (Å²) >= 11 is 0. The highest BCUT2D eigenvalue weighted by Crippen LogP contribution is 2.17. The largest absolute Gasteiger partial charge is 0.491 e. The third-order valence-electron chi connectivity index (χ3n) is 3.71. The Balaban J connectivity index is 1.97.